The molecule has 1 aromatic carbocycles. The van der Waals surface area contributed by atoms with E-state index in [1.807, 2.05) is 0 Å². The highest BCUT2D eigenvalue weighted by Crippen LogP contribution is 2.31. The van der Waals surface area contributed by atoms with Crippen LogP contribution in [0.5, 0.6) is 0 Å². The first-order valence-corrected chi connectivity index (χ1v) is 12.1. The molecule has 2 amide bonds. The van der Waals surface area contributed by atoms with E-state index in [1.54, 1.807) is 24.0 Å². The number of hydrogen-bond acceptors (Lipinski definition) is 4. The molecule has 0 unspecified atom stereocenters. The summed E-state index contributed by atoms with van der Waals surface area (Å²) in [7, 11) is 0. The fourth-order valence-electron chi connectivity index (χ4n) is 4.92. The Morgan fingerprint density at radius 1 is 1.09 bits per heavy atom. The van der Waals surface area contributed by atoms with Gasteiger partial charge in [0.15, 0.2) is 5.78 Å². The number of nitrogens with zero attached hydrogens (tertiary/aromatic N) is 1. The average molecular weight is 444 g/mol. The van der Waals surface area contributed by atoms with Crippen LogP contribution in [0.25, 0.3) is 0 Å². The lowest BCUT2D eigenvalue weighted by Crippen LogP contribution is -2.51. The minimum Gasteiger partial charge on any atom is -0.342 e. The summed E-state index contributed by atoms with van der Waals surface area (Å²) in [4.78, 5) is 39.5. The van der Waals surface area contributed by atoms with Crippen molar-refractivity contribution in [2.24, 2.45) is 5.92 Å². The zero-order valence-electron chi connectivity index (χ0n) is 18.9. The van der Waals surface area contributed by atoms with E-state index in [1.165, 1.54) is 6.07 Å². The molecule has 32 heavy (non-hydrogen) atoms. The molecule has 2 N–H and O–H groups in total. The van der Waals surface area contributed by atoms with Crippen molar-refractivity contribution in [3.63, 3.8) is 0 Å². The number of hydrogen-bond donors (Lipinski definition) is 2. The predicted molar refractivity (Wildman–Crippen MR) is 120 cm³/mol. The van der Waals surface area contributed by atoms with Gasteiger partial charge in [-0.1, -0.05) is 38.3 Å². The highest BCUT2D eigenvalue weighted by molar-refractivity contribution is 5.98. The first-order valence-electron chi connectivity index (χ1n) is 12.1. The van der Waals surface area contributed by atoms with Gasteiger partial charge in [-0.15, -0.1) is 0 Å². The van der Waals surface area contributed by atoms with E-state index >= 15 is 4.39 Å². The molecule has 1 saturated heterocycles. The Kier molecular flexibility index (Phi) is 7.23. The Hall–Kier alpha value is -2.28. The summed E-state index contributed by atoms with van der Waals surface area (Å²) >= 11 is 0. The van der Waals surface area contributed by atoms with E-state index in [2.05, 4.69) is 10.6 Å². The molecule has 1 aromatic rings. The number of amides is 2. The predicted octanol–water partition coefficient (Wildman–Crippen LogP) is 3.16. The molecule has 1 aliphatic heterocycles. The summed E-state index contributed by atoms with van der Waals surface area (Å²) in [5.41, 5.74) is 0.445. The number of rotatable bonds is 9. The quantitative estimate of drug-likeness (QED) is 0.615. The molecule has 0 bridgehead atoms. The van der Waals surface area contributed by atoms with Crippen LogP contribution in [0, 0.1) is 11.7 Å². The number of nitrogens with one attached hydrogen (secondary N) is 2. The summed E-state index contributed by atoms with van der Waals surface area (Å²) in [5.74, 6) is -1.00. The van der Waals surface area contributed by atoms with E-state index in [4.69, 9.17) is 0 Å². The van der Waals surface area contributed by atoms with Crippen LogP contribution in [0.2, 0.25) is 0 Å². The van der Waals surface area contributed by atoms with Crippen molar-refractivity contribution >= 4 is 17.6 Å². The first-order chi connectivity index (χ1) is 15.5. The summed E-state index contributed by atoms with van der Waals surface area (Å²) < 4.78 is 15.3. The summed E-state index contributed by atoms with van der Waals surface area (Å²) in [6, 6.07) is 4.77. The lowest BCUT2D eigenvalue weighted by Gasteiger charge is -2.40. The summed E-state index contributed by atoms with van der Waals surface area (Å²) in [6.07, 6.45) is 7.72. The normalized spacial score (nSPS) is 20.5. The van der Waals surface area contributed by atoms with Gasteiger partial charge in [-0.3, -0.25) is 14.4 Å². The molecule has 0 spiro atoms. The second kappa shape index (κ2) is 10.1. The molecule has 0 radical (unpaired) electrons. The standard InChI is InChI=1S/C25H34FN3O3/c1-2-21(30)24(16-7-4-3-5-8-16)28-25(32)20-10-6-9-19(23(20)26)17-14-29(15-17)22(31)13-27-18-11-12-18/h6,9-10,16-18,24,27H,2-5,7-8,11-15H2,1H3,(H,28,32)/t24-/m1/s1. The first kappa shape index (κ1) is 22.9. The Bertz CT molecular complexity index is 858. The highest BCUT2D eigenvalue weighted by atomic mass is 19.1. The van der Waals surface area contributed by atoms with E-state index in [9.17, 15) is 14.4 Å². The molecule has 1 heterocycles. The molecule has 2 aliphatic carbocycles. The number of carbonyl (C=O) groups is 3. The second-order valence-corrected chi connectivity index (χ2v) is 9.53. The van der Waals surface area contributed by atoms with E-state index in [0.717, 1.165) is 44.9 Å². The van der Waals surface area contributed by atoms with Gasteiger partial charge in [0.05, 0.1) is 18.2 Å². The smallest absolute Gasteiger partial charge is 0.254 e. The lowest BCUT2D eigenvalue weighted by atomic mass is 9.81. The van der Waals surface area contributed by atoms with Gasteiger partial charge in [0.2, 0.25) is 5.91 Å². The number of Topliss-reactive ketones (excluding diaryl/α,β-unsaturated/α-hetero) is 1. The third kappa shape index (κ3) is 5.20. The van der Waals surface area contributed by atoms with Crippen molar-refractivity contribution in [3.8, 4) is 0 Å². The van der Waals surface area contributed by atoms with Crippen molar-refractivity contribution in [3.05, 3.63) is 35.1 Å². The number of halogens is 1. The number of ketones is 1. The van der Waals surface area contributed by atoms with Gasteiger partial charge in [-0.05, 0) is 43.2 Å². The van der Waals surface area contributed by atoms with Crippen molar-refractivity contribution < 1.29 is 18.8 Å². The molecular formula is C25H34FN3O3. The van der Waals surface area contributed by atoms with Crippen molar-refractivity contribution in [2.75, 3.05) is 19.6 Å². The van der Waals surface area contributed by atoms with Crippen LogP contribution in [0.15, 0.2) is 18.2 Å². The maximum Gasteiger partial charge on any atom is 0.254 e. The van der Waals surface area contributed by atoms with E-state index in [-0.39, 0.29) is 29.1 Å². The van der Waals surface area contributed by atoms with Crippen LogP contribution in [0.4, 0.5) is 4.39 Å². The van der Waals surface area contributed by atoms with Gasteiger partial charge in [-0.2, -0.15) is 0 Å². The van der Waals surface area contributed by atoms with E-state index in [0.29, 0.717) is 37.7 Å². The Morgan fingerprint density at radius 3 is 2.47 bits per heavy atom. The van der Waals surface area contributed by atoms with Gasteiger partial charge < -0.3 is 15.5 Å². The van der Waals surface area contributed by atoms with E-state index < -0.39 is 17.8 Å². The molecule has 4 rings (SSSR count). The third-order valence-corrected chi connectivity index (χ3v) is 7.17. The summed E-state index contributed by atoms with van der Waals surface area (Å²) in [6.45, 7) is 3.06. The van der Waals surface area contributed by atoms with Gasteiger partial charge in [0.25, 0.3) is 5.91 Å². The van der Waals surface area contributed by atoms with Gasteiger partial charge >= 0.3 is 0 Å². The maximum absolute atomic E-state index is 15.3. The highest BCUT2D eigenvalue weighted by Gasteiger charge is 2.35. The average Bonchev–Trinajstić information content (AvgIpc) is 3.60. The molecule has 6 nitrogen and oxygen atoms in total. The Morgan fingerprint density at radius 2 is 1.81 bits per heavy atom. The SMILES string of the molecule is CCC(=O)[C@H](NC(=O)c1cccc(C2CN(C(=O)CNC3CC3)C2)c1F)C1CCCCC1. The monoisotopic (exact) mass is 443 g/mol. The molecule has 3 aliphatic rings. The number of carbonyl (C=O) groups excluding carboxylic acids is 3. The van der Waals surface area contributed by atoms with Crippen LogP contribution < -0.4 is 10.6 Å². The van der Waals surface area contributed by atoms with Crippen LogP contribution in [-0.2, 0) is 9.59 Å². The number of likely N-dealkylation sites (tertiary alicyclic amines) is 1. The fourth-order valence-corrected chi connectivity index (χ4v) is 4.92. The summed E-state index contributed by atoms with van der Waals surface area (Å²) in [5, 5.41) is 6.06. The third-order valence-electron chi connectivity index (χ3n) is 7.17. The minimum absolute atomic E-state index is 0.00904. The van der Waals surface area contributed by atoms with Gasteiger partial charge in [0.1, 0.15) is 5.82 Å². The van der Waals surface area contributed by atoms with Crippen molar-refractivity contribution in [2.45, 2.75) is 76.3 Å². The molecule has 0 aromatic heterocycles. The fraction of sp³-hybridized carbons (Fsp3) is 0.640. The molecule has 7 heteroatoms. The zero-order valence-corrected chi connectivity index (χ0v) is 18.9. The van der Waals surface area contributed by atoms with Crippen LogP contribution in [-0.4, -0.2) is 54.2 Å². The Labute approximate surface area is 189 Å². The second-order valence-electron chi connectivity index (χ2n) is 9.53. The topological polar surface area (TPSA) is 78.5 Å². The molecular weight excluding hydrogens is 409 g/mol. The number of benzene rings is 1. The van der Waals surface area contributed by atoms with Crippen LogP contribution in [0.1, 0.15) is 80.1 Å². The zero-order chi connectivity index (χ0) is 22.7. The Balaban J connectivity index is 1.39. The van der Waals surface area contributed by atoms with Gasteiger partial charge in [0, 0.05) is 31.5 Å². The van der Waals surface area contributed by atoms with Crippen LogP contribution in [0.3, 0.4) is 0 Å². The molecule has 174 valence electrons. The van der Waals surface area contributed by atoms with Gasteiger partial charge in [-0.25, -0.2) is 4.39 Å². The van der Waals surface area contributed by atoms with Crippen LogP contribution >= 0.6 is 0 Å². The van der Waals surface area contributed by atoms with Crippen molar-refractivity contribution in [1.82, 2.24) is 15.5 Å². The molecule has 2 saturated carbocycles. The largest absolute Gasteiger partial charge is 0.342 e. The minimum atomic E-state index is -0.549. The lowest BCUT2D eigenvalue weighted by molar-refractivity contribution is -0.134. The molecule has 3 fully saturated rings. The maximum atomic E-state index is 15.3. The van der Waals surface area contributed by atoms with Crippen molar-refractivity contribution in [1.29, 1.82) is 0 Å². The molecule has 1 atom stereocenters.